The topological polar surface area (TPSA) is 0 Å². The summed E-state index contributed by atoms with van der Waals surface area (Å²) in [6.45, 7) is 4.21. The Morgan fingerprint density at radius 1 is 1.33 bits per heavy atom. The first kappa shape index (κ1) is 11.6. The van der Waals surface area contributed by atoms with Crippen molar-refractivity contribution in [3.63, 3.8) is 0 Å². The van der Waals surface area contributed by atoms with Crippen molar-refractivity contribution in [2.75, 3.05) is 0 Å². The zero-order chi connectivity index (χ0) is 11.0. The average molecular weight is 322 g/mol. The fourth-order valence-electron chi connectivity index (χ4n) is 1.44. The van der Waals surface area contributed by atoms with Crippen LogP contribution in [-0.4, -0.2) is 0 Å². The van der Waals surface area contributed by atoms with Crippen molar-refractivity contribution in [3.8, 4) is 0 Å². The predicted octanol–water partition coefficient (Wildman–Crippen LogP) is 5.52. The molecule has 1 unspecified atom stereocenters. The van der Waals surface area contributed by atoms with Gasteiger partial charge in [0.1, 0.15) is 5.38 Å². The Labute approximate surface area is 111 Å². The van der Waals surface area contributed by atoms with Crippen LogP contribution in [0.1, 0.15) is 25.6 Å². The Kier molecular flexibility index (Phi) is 3.56. The summed E-state index contributed by atoms with van der Waals surface area (Å²) in [5.74, 6) is 0. The largest absolute Gasteiger partial charge is 0.147 e. The van der Waals surface area contributed by atoms with Crippen LogP contribution in [-0.2, 0) is 0 Å². The highest BCUT2D eigenvalue weighted by atomic mass is 79.9. The number of rotatable bonds is 2. The maximum Gasteiger partial charge on any atom is 0.103 e. The van der Waals surface area contributed by atoms with Gasteiger partial charge in [0.05, 0.1) is 0 Å². The maximum absolute atomic E-state index is 6.49. The van der Waals surface area contributed by atoms with Crippen LogP contribution in [0.3, 0.4) is 0 Å². The molecule has 15 heavy (non-hydrogen) atoms. The van der Waals surface area contributed by atoms with Crippen molar-refractivity contribution in [3.05, 3.63) is 42.2 Å². The molecule has 0 radical (unpaired) electrons. The minimum atomic E-state index is -0.0157. The van der Waals surface area contributed by atoms with Gasteiger partial charge < -0.3 is 0 Å². The number of aryl methyl sites for hydroxylation is 2. The van der Waals surface area contributed by atoms with Crippen molar-refractivity contribution in [2.24, 2.45) is 0 Å². The molecule has 0 N–H and O–H groups in total. The highest BCUT2D eigenvalue weighted by Crippen LogP contribution is 2.42. The Balaban J connectivity index is 2.40. The molecule has 2 rings (SSSR count). The van der Waals surface area contributed by atoms with Gasteiger partial charge in [0.25, 0.3) is 0 Å². The number of alkyl halides is 1. The van der Waals surface area contributed by atoms with Gasteiger partial charge in [-0.2, -0.15) is 0 Å². The molecule has 0 aliphatic carbocycles. The van der Waals surface area contributed by atoms with Gasteiger partial charge in [-0.15, -0.1) is 34.3 Å². The highest BCUT2D eigenvalue weighted by Gasteiger charge is 2.19. The van der Waals surface area contributed by atoms with Crippen LogP contribution in [0, 0.1) is 13.8 Å². The number of halogens is 2. The predicted molar refractivity (Wildman–Crippen MR) is 73.5 cm³/mol. The van der Waals surface area contributed by atoms with Crippen LogP contribution in [0.15, 0.2) is 22.0 Å². The molecular weight excluding hydrogens is 312 g/mol. The molecule has 80 valence electrons. The number of thiophene rings is 2. The average Bonchev–Trinajstić information content (AvgIpc) is 2.71. The van der Waals surface area contributed by atoms with E-state index in [0.717, 1.165) is 4.47 Å². The molecule has 0 amide bonds. The minimum Gasteiger partial charge on any atom is -0.147 e. The number of hydrogen-bond donors (Lipinski definition) is 0. The zero-order valence-electron chi connectivity index (χ0n) is 8.38. The van der Waals surface area contributed by atoms with Crippen LogP contribution in [0.4, 0.5) is 0 Å². The third-order valence-corrected chi connectivity index (χ3v) is 6.01. The van der Waals surface area contributed by atoms with Gasteiger partial charge in [-0.05, 0) is 52.9 Å². The molecule has 0 bridgehead atoms. The van der Waals surface area contributed by atoms with E-state index in [2.05, 4.69) is 47.3 Å². The normalized spacial score (nSPS) is 13.1. The second-order valence-electron chi connectivity index (χ2n) is 3.40. The third kappa shape index (κ3) is 2.31. The lowest BCUT2D eigenvalue weighted by Crippen LogP contribution is -1.89. The van der Waals surface area contributed by atoms with Crippen LogP contribution >= 0.6 is 50.2 Å². The van der Waals surface area contributed by atoms with Crippen LogP contribution in [0.25, 0.3) is 0 Å². The summed E-state index contributed by atoms with van der Waals surface area (Å²) in [6.07, 6.45) is 0. The smallest absolute Gasteiger partial charge is 0.103 e. The van der Waals surface area contributed by atoms with E-state index in [9.17, 15) is 0 Å². The van der Waals surface area contributed by atoms with Crippen molar-refractivity contribution in [1.82, 2.24) is 0 Å². The van der Waals surface area contributed by atoms with E-state index in [1.807, 2.05) is 0 Å². The highest BCUT2D eigenvalue weighted by molar-refractivity contribution is 9.10. The SMILES string of the molecule is Cc1cc(Br)c(C(Cl)c2sccc2C)s1. The monoisotopic (exact) mass is 320 g/mol. The van der Waals surface area contributed by atoms with E-state index in [0.29, 0.717) is 0 Å². The molecule has 0 aliphatic rings. The van der Waals surface area contributed by atoms with Gasteiger partial charge in [0.2, 0.25) is 0 Å². The summed E-state index contributed by atoms with van der Waals surface area (Å²) in [4.78, 5) is 3.75. The fourth-order valence-corrected chi connectivity index (χ4v) is 5.00. The molecule has 0 spiro atoms. The molecule has 4 heteroatoms. The first-order chi connectivity index (χ1) is 7.09. The van der Waals surface area contributed by atoms with Crippen molar-refractivity contribution < 1.29 is 0 Å². The standard InChI is InChI=1S/C11H10BrClS2/c1-6-3-4-14-10(6)9(13)11-8(12)5-7(2)15-11/h3-5,9H,1-2H3. The van der Waals surface area contributed by atoms with Gasteiger partial charge >= 0.3 is 0 Å². The van der Waals surface area contributed by atoms with Gasteiger partial charge in [0, 0.05) is 19.1 Å². The molecule has 0 aliphatic heterocycles. The fraction of sp³-hybridized carbons (Fsp3) is 0.273. The van der Waals surface area contributed by atoms with E-state index in [-0.39, 0.29) is 5.38 Å². The summed E-state index contributed by atoms with van der Waals surface area (Å²) in [6, 6.07) is 4.24. The first-order valence-electron chi connectivity index (χ1n) is 4.53. The lowest BCUT2D eigenvalue weighted by molar-refractivity contribution is 1.19. The molecule has 2 heterocycles. The molecule has 2 aromatic heterocycles. The third-order valence-electron chi connectivity index (χ3n) is 2.20. The molecular formula is C11H10BrClS2. The minimum absolute atomic E-state index is 0.0157. The number of hydrogen-bond acceptors (Lipinski definition) is 2. The quantitative estimate of drug-likeness (QED) is 0.639. The van der Waals surface area contributed by atoms with Crippen LogP contribution in [0.5, 0.6) is 0 Å². The molecule has 2 aromatic rings. The van der Waals surface area contributed by atoms with E-state index in [4.69, 9.17) is 11.6 Å². The Morgan fingerprint density at radius 2 is 2.07 bits per heavy atom. The Bertz CT molecular complexity index is 473. The Morgan fingerprint density at radius 3 is 2.53 bits per heavy atom. The molecule has 0 saturated carbocycles. The van der Waals surface area contributed by atoms with E-state index >= 15 is 0 Å². The zero-order valence-corrected chi connectivity index (χ0v) is 12.4. The molecule has 0 nitrogen and oxygen atoms in total. The summed E-state index contributed by atoms with van der Waals surface area (Å²) >= 11 is 13.5. The second-order valence-corrected chi connectivity index (χ2v) is 6.93. The lowest BCUT2D eigenvalue weighted by Gasteiger charge is -2.07. The summed E-state index contributed by atoms with van der Waals surface area (Å²) in [5, 5.41) is 2.08. The first-order valence-corrected chi connectivity index (χ1v) is 7.46. The molecule has 0 fully saturated rings. The van der Waals surface area contributed by atoms with Gasteiger partial charge in [-0.1, -0.05) is 0 Å². The van der Waals surface area contributed by atoms with Crippen LogP contribution in [0.2, 0.25) is 0 Å². The van der Waals surface area contributed by atoms with Crippen molar-refractivity contribution >= 4 is 50.2 Å². The lowest BCUT2D eigenvalue weighted by atomic mass is 10.2. The Hall–Kier alpha value is 0.170. The van der Waals surface area contributed by atoms with E-state index in [1.165, 1.54) is 20.2 Å². The summed E-state index contributed by atoms with van der Waals surface area (Å²) in [7, 11) is 0. The van der Waals surface area contributed by atoms with Crippen molar-refractivity contribution in [2.45, 2.75) is 19.2 Å². The molecule has 0 saturated heterocycles. The van der Waals surface area contributed by atoms with Gasteiger partial charge in [-0.25, -0.2) is 0 Å². The van der Waals surface area contributed by atoms with Crippen LogP contribution < -0.4 is 0 Å². The van der Waals surface area contributed by atoms with E-state index in [1.54, 1.807) is 22.7 Å². The van der Waals surface area contributed by atoms with Gasteiger partial charge in [-0.3, -0.25) is 0 Å². The maximum atomic E-state index is 6.49. The summed E-state index contributed by atoms with van der Waals surface area (Å²) in [5.41, 5.74) is 1.28. The molecule has 0 aromatic carbocycles. The van der Waals surface area contributed by atoms with Gasteiger partial charge in [0.15, 0.2) is 0 Å². The van der Waals surface area contributed by atoms with Crippen molar-refractivity contribution in [1.29, 1.82) is 0 Å². The van der Waals surface area contributed by atoms with E-state index < -0.39 is 0 Å². The molecule has 1 atom stereocenters. The summed E-state index contributed by atoms with van der Waals surface area (Å²) < 4.78 is 1.12. The second kappa shape index (κ2) is 4.58.